The SMILES string of the molecule is COC(=O)C1C2CCC(O2)C1C(=O)O[CH-]C(F)(F)S(=O)(=O)[O-].[Rf]. The summed E-state index contributed by atoms with van der Waals surface area (Å²) in [6, 6.07) is 0. The van der Waals surface area contributed by atoms with E-state index in [1.54, 1.807) is 0 Å². The minimum absolute atomic E-state index is 0. The number of hydrogen-bond acceptors (Lipinski definition) is 8. The number of rotatable bonds is 5. The first-order valence-corrected chi connectivity index (χ1v) is 7.60. The molecule has 0 aromatic carbocycles. The predicted octanol–water partition coefficient (Wildman–Crippen LogP) is -0.204. The average Bonchev–Trinajstić information content (AvgIpc) is 3.03. The van der Waals surface area contributed by atoms with Crippen molar-refractivity contribution in [3.8, 4) is 0 Å². The van der Waals surface area contributed by atoms with Crippen molar-refractivity contribution in [2.24, 2.45) is 11.8 Å². The molecular weight excluding hydrogens is 597 g/mol. The van der Waals surface area contributed by atoms with E-state index in [4.69, 9.17) is 4.74 Å². The Kier molecular flexibility index (Phi) is 4.92. The molecule has 2 rings (SSSR count). The van der Waals surface area contributed by atoms with Gasteiger partial charge in [0.2, 0.25) is 0 Å². The molecule has 0 aliphatic carbocycles. The summed E-state index contributed by atoms with van der Waals surface area (Å²) >= 11 is 0. The molecule has 0 N–H and O–H groups in total. The Morgan fingerprint density at radius 3 is 2.13 bits per heavy atom. The number of carbonyl (C=O) groups is 2. The van der Waals surface area contributed by atoms with Crippen LogP contribution in [0, 0.1) is 18.4 Å². The molecule has 128 valence electrons. The van der Waals surface area contributed by atoms with Crippen LogP contribution in [0.15, 0.2) is 0 Å². The summed E-state index contributed by atoms with van der Waals surface area (Å²) in [7, 11) is -4.91. The summed E-state index contributed by atoms with van der Waals surface area (Å²) in [5.74, 6) is -4.22. The Bertz CT molecular complexity index is 581. The van der Waals surface area contributed by atoms with Crippen molar-refractivity contribution in [1.82, 2.24) is 0 Å². The second-order valence-electron chi connectivity index (χ2n) is 4.94. The molecule has 23 heavy (non-hydrogen) atoms. The van der Waals surface area contributed by atoms with Crippen molar-refractivity contribution >= 4 is 22.1 Å². The maximum absolute atomic E-state index is 12.9. The number of fused-ring (bicyclic) bond motifs is 2. The predicted molar refractivity (Wildman–Crippen MR) is 61.9 cm³/mol. The van der Waals surface area contributed by atoms with Crippen LogP contribution >= 0.6 is 0 Å². The van der Waals surface area contributed by atoms with E-state index in [1.165, 1.54) is 0 Å². The Hall–Kier alpha value is -2.33. The van der Waals surface area contributed by atoms with Crippen LogP contribution in [0.1, 0.15) is 12.8 Å². The number of esters is 2. The molecule has 8 nitrogen and oxygen atoms in total. The van der Waals surface area contributed by atoms with Gasteiger partial charge in [0.1, 0.15) is 10.1 Å². The van der Waals surface area contributed by atoms with Crippen molar-refractivity contribution in [3.05, 3.63) is 6.61 Å². The molecular formula is C11H12F2O8RfS-2. The fourth-order valence-electron chi connectivity index (χ4n) is 2.68. The van der Waals surface area contributed by atoms with Crippen molar-refractivity contribution in [1.29, 1.82) is 0 Å². The van der Waals surface area contributed by atoms with Crippen molar-refractivity contribution in [2.45, 2.75) is 30.3 Å². The van der Waals surface area contributed by atoms with Crippen molar-refractivity contribution in [2.75, 3.05) is 7.11 Å². The molecule has 0 saturated carbocycles. The minimum atomic E-state index is -6.01. The zero-order chi connectivity index (χ0) is 16.7. The minimum Gasteiger partial charge on any atom is -0.746 e. The Morgan fingerprint density at radius 2 is 1.70 bits per heavy atom. The molecule has 2 aliphatic heterocycles. The number of hydrogen-bond donors (Lipinski definition) is 0. The number of methoxy groups -OCH3 is 1. The van der Waals surface area contributed by atoms with Crippen LogP contribution in [-0.2, 0) is 33.9 Å². The normalized spacial score (nSPS) is 29.7. The zero-order valence-corrected chi connectivity index (χ0v) is 19.2. The summed E-state index contributed by atoms with van der Waals surface area (Å²) in [5, 5.41) is -4.86. The molecule has 0 aromatic heterocycles. The van der Waals surface area contributed by atoms with E-state index in [1.807, 2.05) is 0 Å². The summed E-state index contributed by atoms with van der Waals surface area (Å²) in [5.41, 5.74) is 0. The molecule has 0 aromatic rings. The molecule has 0 amide bonds. The standard InChI is InChI=1S/C11H13F2O8S.Rf/c1-19-9(14)7-5-2-3-6(21-5)8(7)10(15)20-4-11(12,13)22(16,17)18;/h4-8H,2-3H2,1H3,(H,16,17,18);/q-1;/p-1. The van der Waals surface area contributed by atoms with Crippen molar-refractivity contribution in [3.63, 3.8) is 0 Å². The van der Waals surface area contributed by atoms with Gasteiger partial charge in [-0.2, -0.15) is 0 Å². The Balaban J connectivity index is 0.00000264. The summed E-state index contributed by atoms with van der Waals surface area (Å²) < 4.78 is 70.8. The largest absolute Gasteiger partial charge is 0.746 e. The van der Waals surface area contributed by atoms with Gasteiger partial charge >= 0.3 is 5.97 Å². The van der Waals surface area contributed by atoms with Crippen LogP contribution in [0.4, 0.5) is 8.78 Å². The third-order valence-electron chi connectivity index (χ3n) is 3.66. The zero-order valence-electron chi connectivity index (χ0n) is 11.9. The van der Waals surface area contributed by atoms with Crippen molar-refractivity contribution < 1.29 is 45.6 Å². The molecule has 0 radical (unpaired) electrons. The average molecular weight is 609 g/mol. The number of alkyl halides is 2. The van der Waals surface area contributed by atoms with E-state index in [2.05, 4.69) is 9.47 Å². The van der Waals surface area contributed by atoms with E-state index < -0.39 is 58.0 Å². The monoisotopic (exact) mass is 609 g/mol. The maximum Gasteiger partial charge on any atom is 0.312 e. The maximum atomic E-state index is 12.9. The van der Waals surface area contributed by atoms with Crippen LogP contribution in [0.25, 0.3) is 0 Å². The van der Waals surface area contributed by atoms with Gasteiger partial charge in [0.05, 0.1) is 31.2 Å². The van der Waals surface area contributed by atoms with E-state index >= 15 is 0 Å². The van der Waals surface area contributed by atoms with E-state index in [0.717, 1.165) is 7.11 Å². The number of carbonyl (C=O) groups excluding carboxylic acids is 2. The van der Waals surface area contributed by atoms with Crippen LogP contribution in [0.2, 0.25) is 0 Å². The fourth-order valence-corrected chi connectivity index (χ4v) is 2.84. The van der Waals surface area contributed by atoms with Gasteiger partial charge < -0.3 is 18.8 Å². The molecule has 4 atom stereocenters. The molecule has 12 heteroatoms. The quantitative estimate of drug-likeness (QED) is 0.239. The first kappa shape index (κ1) is 18.7. The Morgan fingerprint density at radius 1 is 1.22 bits per heavy atom. The topological polar surface area (TPSA) is 119 Å². The van der Waals surface area contributed by atoms with Crippen LogP contribution < -0.4 is 0 Å². The molecule has 2 heterocycles. The van der Waals surface area contributed by atoms with Crippen LogP contribution in [-0.4, -0.2) is 49.5 Å². The van der Waals surface area contributed by atoms with Crippen LogP contribution in [0.3, 0.4) is 0 Å². The fraction of sp³-hybridized carbons (Fsp3) is 0.727. The van der Waals surface area contributed by atoms with Gasteiger partial charge in [-0.3, -0.25) is 9.59 Å². The van der Waals surface area contributed by atoms with Gasteiger partial charge in [0, 0.05) is 0 Å². The molecule has 2 fully saturated rings. The second-order valence-corrected chi connectivity index (χ2v) is 6.39. The number of halogens is 2. The van der Waals surface area contributed by atoms with Crippen LogP contribution in [0.5, 0.6) is 0 Å². The van der Waals surface area contributed by atoms with E-state index in [0.29, 0.717) is 12.8 Å². The third-order valence-corrected chi connectivity index (χ3v) is 4.43. The molecule has 4 unspecified atom stereocenters. The van der Waals surface area contributed by atoms with Gasteiger partial charge in [-0.25, -0.2) is 17.2 Å². The third kappa shape index (κ3) is 3.22. The van der Waals surface area contributed by atoms with E-state index in [9.17, 15) is 31.3 Å². The molecule has 2 saturated heterocycles. The van der Waals surface area contributed by atoms with Gasteiger partial charge in [-0.05, 0) is 12.8 Å². The smallest absolute Gasteiger partial charge is 0.312 e. The number of ether oxygens (including phenoxy) is 3. The van der Waals surface area contributed by atoms with E-state index in [-0.39, 0.29) is 0 Å². The Labute approximate surface area is 124 Å². The summed E-state index contributed by atoms with van der Waals surface area (Å²) in [6.07, 6.45) is -0.358. The molecule has 2 aliphatic rings. The second kappa shape index (κ2) is 6.05. The molecule has 2 bridgehead atoms. The van der Waals surface area contributed by atoms with Gasteiger partial charge in [0.15, 0.2) is 0 Å². The van der Waals surface area contributed by atoms with Gasteiger partial charge in [0.25, 0.3) is 11.2 Å². The van der Waals surface area contributed by atoms with Gasteiger partial charge in [-0.15, -0.1) is 0 Å². The first-order chi connectivity index (χ1) is 10.1. The molecule has 0 spiro atoms. The summed E-state index contributed by atoms with van der Waals surface area (Å²) in [6.45, 7) is -0.641. The summed E-state index contributed by atoms with van der Waals surface area (Å²) in [4.78, 5) is 23.5. The van der Waals surface area contributed by atoms with Gasteiger partial charge in [-0.1, -0.05) is 6.61 Å². The first-order valence-electron chi connectivity index (χ1n) is 6.20.